The molecule has 0 radical (unpaired) electrons. The molecular formula is C16H26N2O2S. The molecule has 0 aliphatic heterocycles. The molecule has 2 rings (SSSR count). The van der Waals surface area contributed by atoms with E-state index in [9.17, 15) is 8.42 Å². The molecule has 1 aromatic carbocycles. The summed E-state index contributed by atoms with van der Waals surface area (Å²) in [5.41, 5.74) is 7.44. The first kappa shape index (κ1) is 16.3. The van der Waals surface area contributed by atoms with Gasteiger partial charge in [0.15, 0.2) is 0 Å². The van der Waals surface area contributed by atoms with Crippen molar-refractivity contribution < 1.29 is 8.42 Å². The van der Waals surface area contributed by atoms with Crippen LogP contribution in [0.3, 0.4) is 0 Å². The van der Waals surface area contributed by atoms with Crippen molar-refractivity contribution in [3.8, 4) is 0 Å². The predicted octanol–water partition coefficient (Wildman–Crippen LogP) is 2.93. The molecule has 0 bridgehead atoms. The van der Waals surface area contributed by atoms with Crippen LogP contribution >= 0.6 is 0 Å². The van der Waals surface area contributed by atoms with Crippen molar-refractivity contribution in [3.63, 3.8) is 0 Å². The lowest BCUT2D eigenvalue weighted by Gasteiger charge is -2.32. The van der Waals surface area contributed by atoms with Gasteiger partial charge in [-0.15, -0.1) is 0 Å². The number of sulfonamides is 1. The Labute approximate surface area is 128 Å². The number of aryl methyl sites for hydroxylation is 1. The lowest BCUT2D eigenvalue weighted by molar-refractivity contribution is 0.249. The number of hydrogen-bond donors (Lipinski definition) is 2. The summed E-state index contributed by atoms with van der Waals surface area (Å²) in [5.74, 6) is 1.05. The Morgan fingerprint density at radius 2 is 2.00 bits per heavy atom. The summed E-state index contributed by atoms with van der Waals surface area (Å²) < 4.78 is 27.9. The van der Waals surface area contributed by atoms with Crippen LogP contribution in [0.5, 0.6) is 0 Å². The van der Waals surface area contributed by atoms with Gasteiger partial charge in [0.05, 0.1) is 4.90 Å². The minimum absolute atomic E-state index is 0.0262. The number of nitrogens with one attached hydrogen (secondary N) is 1. The second kappa shape index (κ2) is 6.36. The molecule has 3 atom stereocenters. The Morgan fingerprint density at radius 3 is 2.57 bits per heavy atom. The molecule has 21 heavy (non-hydrogen) atoms. The van der Waals surface area contributed by atoms with Gasteiger partial charge in [0.25, 0.3) is 0 Å². The van der Waals surface area contributed by atoms with Gasteiger partial charge in [0, 0.05) is 11.7 Å². The quantitative estimate of drug-likeness (QED) is 0.840. The van der Waals surface area contributed by atoms with E-state index in [-0.39, 0.29) is 10.9 Å². The van der Waals surface area contributed by atoms with Crippen LogP contribution in [0.25, 0.3) is 0 Å². The maximum Gasteiger partial charge on any atom is 0.240 e. The fourth-order valence-corrected chi connectivity index (χ4v) is 4.58. The Balaban J connectivity index is 2.17. The minimum Gasteiger partial charge on any atom is -0.398 e. The molecule has 1 fully saturated rings. The second-order valence-corrected chi connectivity index (χ2v) is 8.05. The molecular weight excluding hydrogens is 284 g/mol. The molecule has 0 heterocycles. The fraction of sp³-hybridized carbons (Fsp3) is 0.625. The first-order chi connectivity index (χ1) is 9.83. The maximum absolute atomic E-state index is 12.5. The number of rotatable bonds is 4. The molecule has 4 nitrogen and oxygen atoms in total. The van der Waals surface area contributed by atoms with Crippen molar-refractivity contribution in [1.82, 2.24) is 4.72 Å². The van der Waals surface area contributed by atoms with Crippen LogP contribution < -0.4 is 10.5 Å². The summed E-state index contributed by atoms with van der Waals surface area (Å²) >= 11 is 0. The highest BCUT2D eigenvalue weighted by molar-refractivity contribution is 7.89. The zero-order chi connectivity index (χ0) is 15.6. The van der Waals surface area contributed by atoms with Crippen LogP contribution in [0.2, 0.25) is 0 Å². The van der Waals surface area contributed by atoms with E-state index in [4.69, 9.17) is 5.73 Å². The average Bonchev–Trinajstić information content (AvgIpc) is 2.42. The van der Waals surface area contributed by atoms with Gasteiger partial charge in [0.1, 0.15) is 0 Å². The minimum atomic E-state index is -3.49. The van der Waals surface area contributed by atoms with Gasteiger partial charge in [-0.25, -0.2) is 13.1 Å². The molecule has 1 aromatic rings. The lowest BCUT2D eigenvalue weighted by Crippen LogP contribution is -2.42. The molecule has 1 aliphatic rings. The molecule has 3 unspecified atom stereocenters. The van der Waals surface area contributed by atoms with Crippen molar-refractivity contribution in [3.05, 3.63) is 23.8 Å². The third-order valence-electron chi connectivity index (χ3n) is 4.55. The van der Waals surface area contributed by atoms with E-state index in [0.29, 0.717) is 17.5 Å². The number of anilines is 1. The van der Waals surface area contributed by atoms with E-state index in [1.54, 1.807) is 18.2 Å². The Morgan fingerprint density at radius 1 is 1.29 bits per heavy atom. The van der Waals surface area contributed by atoms with Gasteiger partial charge in [-0.05, 0) is 55.2 Å². The Bertz CT molecular complexity index is 598. The van der Waals surface area contributed by atoms with E-state index < -0.39 is 10.0 Å². The van der Waals surface area contributed by atoms with Crippen molar-refractivity contribution >= 4 is 15.7 Å². The average molecular weight is 310 g/mol. The van der Waals surface area contributed by atoms with Crippen LogP contribution in [-0.4, -0.2) is 14.5 Å². The van der Waals surface area contributed by atoms with Crippen molar-refractivity contribution in [2.45, 2.75) is 57.4 Å². The maximum atomic E-state index is 12.5. The van der Waals surface area contributed by atoms with E-state index in [2.05, 4.69) is 18.6 Å². The van der Waals surface area contributed by atoms with Gasteiger partial charge in [-0.2, -0.15) is 0 Å². The second-order valence-electron chi connectivity index (χ2n) is 6.34. The number of benzene rings is 1. The zero-order valence-electron chi connectivity index (χ0n) is 13.1. The van der Waals surface area contributed by atoms with E-state index >= 15 is 0 Å². The molecule has 118 valence electrons. The summed E-state index contributed by atoms with van der Waals surface area (Å²) in [7, 11) is -3.49. The Hall–Kier alpha value is -1.07. The largest absolute Gasteiger partial charge is 0.398 e. The molecule has 0 aromatic heterocycles. The summed E-state index contributed by atoms with van der Waals surface area (Å²) in [4.78, 5) is 0.267. The molecule has 0 saturated heterocycles. The molecule has 3 N–H and O–H groups in total. The highest BCUT2D eigenvalue weighted by Gasteiger charge is 2.29. The number of nitrogens with two attached hydrogens (primary N) is 1. The number of nitrogen functional groups attached to an aromatic ring is 1. The SMILES string of the molecule is CCc1ccc(S(=O)(=O)NC2CCC(C)CC2C)cc1N. The summed E-state index contributed by atoms with van der Waals surface area (Å²) in [5, 5.41) is 0. The first-order valence-corrected chi connectivity index (χ1v) is 9.22. The van der Waals surface area contributed by atoms with Gasteiger partial charge >= 0.3 is 0 Å². The van der Waals surface area contributed by atoms with Crippen molar-refractivity contribution in [1.29, 1.82) is 0 Å². The van der Waals surface area contributed by atoms with E-state index in [0.717, 1.165) is 31.2 Å². The van der Waals surface area contributed by atoms with Crippen molar-refractivity contribution in [2.24, 2.45) is 11.8 Å². The predicted molar refractivity (Wildman–Crippen MR) is 86.5 cm³/mol. The van der Waals surface area contributed by atoms with Crippen LogP contribution in [0.4, 0.5) is 5.69 Å². The van der Waals surface area contributed by atoms with Crippen LogP contribution in [0.1, 0.15) is 45.6 Å². The lowest BCUT2D eigenvalue weighted by atomic mass is 9.80. The van der Waals surface area contributed by atoms with Crippen LogP contribution in [-0.2, 0) is 16.4 Å². The summed E-state index contributed by atoms with van der Waals surface area (Å²) in [6, 6.07) is 5.04. The first-order valence-electron chi connectivity index (χ1n) is 7.74. The van der Waals surface area contributed by atoms with Gasteiger partial charge in [-0.3, -0.25) is 0 Å². The summed E-state index contributed by atoms with van der Waals surface area (Å²) in [6.07, 6.45) is 3.86. The molecule has 5 heteroatoms. The smallest absolute Gasteiger partial charge is 0.240 e. The van der Waals surface area contributed by atoms with E-state index in [1.807, 2.05) is 6.92 Å². The fourth-order valence-electron chi connectivity index (χ4n) is 3.17. The van der Waals surface area contributed by atoms with Gasteiger partial charge in [0.2, 0.25) is 10.0 Å². The highest BCUT2D eigenvalue weighted by atomic mass is 32.2. The molecule has 1 saturated carbocycles. The molecule has 0 amide bonds. The third kappa shape index (κ3) is 3.77. The van der Waals surface area contributed by atoms with Gasteiger partial charge < -0.3 is 5.73 Å². The zero-order valence-corrected chi connectivity index (χ0v) is 13.9. The normalized spacial score (nSPS) is 26.7. The molecule has 0 spiro atoms. The van der Waals surface area contributed by atoms with Gasteiger partial charge in [-0.1, -0.05) is 26.8 Å². The highest BCUT2D eigenvalue weighted by Crippen LogP contribution is 2.30. The van der Waals surface area contributed by atoms with Crippen molar-refractivity contribution in [2.75, 3.05) is 5.73 Å². The van der Waals surface area contributed by atoms with E-state index in [1.165, 1.54) is 0 Å². The molecule has 1 aliphatic carbocycles. The summed E-state index contributed by atoms with van der Waals surface area (Å²) in [6.45, 7) is 6.35. The Kier molecular flexibility index (Phi) is 4.94. The number of hydrogen-bond acceptors (Lipinski definition) is 3. The van der Waals surface area contributed by atoms with Crippen LogP contribution in [0.15, 0.2) is 23.1 Å². The monoisotopic (exact) mass is 310 g/mol. The standard InChI is InChI=1S/C16H26N2O2S/c1-4-13-6-7-14(10-15(13)17)21(19,20)18-16-8-5-11(2)9-12(16)3/h6-7,10-12,16,18H,4-5,8-9,17H2,1-3H3. The van der Waals surface area contributed by atoms with Crippen LogP contribution in [0, 0.1) is 11.8 Å². The topological polar surface area (TPSA) is 72.2 Å². The third-order valence-corrected chi connectivity index (χ3v) is 6.03.